The Morgan fingerprint density at radius 1 is 0.339 bits per heavy atom. The molecule has 5 heteroatoms. The van der Waals surface area contributed by atoms with Crippen LogP contribution in [0.4, 0.5) is 0 Å². The molecule has 5 nitrogen and oxygen atoms in total. The lowest BCUT2D eigenvalue weighted by Crippen LogP contribution is -1.93. The zero-order chi connectivity index (χ0) is 38.1. The third-order valence-corrected chi connectivity index (χ3v) is 13.2. The standard InChI is InChI=1S/C54H29N5/c1-2-15-34(16-3-1)57-44-23-9-8-18-37(44)41-27-33(24-25-45(41)57)36-19-10-21-39-47-35-17-7-6-14-32(35)28-43-49-54(59(50(36)39)52(43)47)55-48-40-22-11-20-38-42-26-30-12-4-5-13-31(30)29-46(42)58(51(38)40)53(48)56-49/h1-29H. The fraction of sp³-hybridized carbons (Fsp3) is 0. The largest absolute Gasteiger partial charge is 0.309 e. The molecule has 0 amide bonds. The third-order valence-electron chi connectivity index (χ3n) is 13.2. The summed E-state index contributed by atoms with van der Waals surface area (Å²) in [7, 11) is 0. The van der Waals surface area contributed by atoms with E-state index >= 15 is 0 Å². The Morgan fingerprint density at radius 2 is 0.966 bits per heavy atom. The van der Waals surface area contributed by atoms with Gasteiger partial charge in [0.1, 0.15) is 11.0 Å². The highest BCUT2D eigenvalue weighted by Crippen LogP contribution is 2.47. The maximum Gasteiger partial charge on any atom is 0.165 e. The van der Waals surface area contributed by atoms with E-state index in [2.05, 4.69) is 189 Å². The van der Waals surface area contributed by atoms with Crippen molar-refractivity contribution in [2.45, 2.75) is 0 Å². The number of benzene rings is 9. The van der Waals surface area contributed by atoms with E-state index in [0.717, 1.165) is 49.8 Å². The van der Waals surface area contributed by atoms with Crippen LogP contribution in [0, 0.1) is 0 Å². The van der Waals surface area contributed by atoms with Crippen LogP contribution in [0.1, 0.15) is 0 Å². The van der Waals surface area contributed by atoms with Crippen LogP contribution in [0.2, 0.25) is 0 Å². The van der Waals surface area contributed by atoms with Gasteiger partial charge in [0.05, 0.1) is 33.1 Å². The Kier molecular flexibility index (Phi) is 5.36. The molecule has 0 aliphatic rings. The van der Waals surface area contributed by atoms with Gasteiger partial charge in [-0.1, -0.05) is 127 Å². The predicted octanol–water partition coefficient (Wildman–Crippen LogP) is 13.8. The Morgan fingerprint density at radius 3 is 1.85 bits per heavy atom. The molecule has 59 heavy (non-hydrogen) atoms. The van der Waals surface area contributed by atoms with Gasteiger partial charge in [0, 0.05) is 54.3 Å². The first-order valence-corrected chi connectivity index (χ1v) is 20.3. The summed E-state index contributed by atoms with van der Waals surface area (Å²) in [6, 6.07) is 64.3. The van der Waals surface area contributed by atoms with Crippen molar-refractivity contribution in [2.75, 3.05) is 0 Å². The Balaban J connectivity index is 1.10. The van der Waals surface area contributed by atoms with Gasteiger partial charge < -0.3 is 4.57 Å². The van der Waals surface area contributed by atoms with E-state index in [0.29, 0.717) is 0 Å². The number of hydrogen-bond acceptors (Lipinski definition) is 2. The number of aromatic nitrogens is 5. The molecule has 0 fully saturated rings. The molecule has 15 rings (SSSR count). The topological polar surface area (TPSA) is 39.5 Å². The van der Waals surface area contributed by atoms with Gasteiger partial charge in [0.15, 0.2) is 11.3 Å². The minimum Gasteiger partial charge on any atom is -0.309 e. The molecule has 6 heterocycles. The first-order valence-electron chi connectivity index (χ1n) is 20.3. The van der Waals surface area contributed by atoms with Gasteiger partial charge in [-0.15, -0.1) is 0 Å². The van der Waals surface area contributed by atoms with Crippen LogP contribution in [0.25, 0.3) is 137 Å². The first kappa shape index (κ1) is 30.2. The normalized spacial score (nSPS) is 12.7. The molecule has 6 aromatic heterocycles. The summed E-state index contributed by atoms with van der Waals surface area (Å²) in [5.41, 5.74) is 14.2. The molecule has 270 valence electrons. The van der Waals surface area contributed by atoms with E-state index in [1.807, 2.05) is 0 Å². The number of nitrogens with zero attached hydrogens (tertiary/aromatic N) is 5. The highest BCUT2D eigenvalue weighted by Gasteiger charge is 2.27. The number of fused-ring (bicyclic) bond motifs is 18. The molecule has 0 atom stereocenters. The van der Waals surface area contributed by atoms with Crippen LogP contribution in [-0.2, 0) is 0 Å². The molecular weight excluding hydrogens is 719 g/mol. The molecule has 0 saturated heterocycles. The monoisotopic (exact) mass is 747 g/mol. The van der Waals surface area contributed by atoms with Crippen LogP contribution in [-0.4, -0.2) is 23.3 Å². The SMILES string of the molecule is c1ccc(-n2c3ccccc3c3cc(-c4cccc5c6c7ccccc7cc7c8nc9c(nc8n(c45)c76)c4cccc5c6cc7ccccc7cc6n9c54)ccc32)cc1. The minimum atomic E-state index is 0.890. The average molecular weight is 748 g/mol. The molecule has 0 unspecified atom stereocenters. The van der Waals surface area contributed by atoms with Crippen LogP contribution >= 0.6 is 0 Å². The summed E-state index contributed by atoms with van der Waals surface area (Å²) in [4.78, 5) is 11.4. The van der Waals surface area contributed by atoms with E-state index in [-0.39, 0.29) is 0 Å². The van der Waals surface area contributed by atoms with E-state index in [4.69, 9.17) is 9.97 Å². The van der Waals surface area contributed by atoms with Crippen molar-refractivity contribution in [3.63, 3.8) is 0 Å². The van der Waals surface area contributed by atoms with Crippen LogP contribution < -0.4 is 0 Å². The average Bonchev–Trinajstić information content (AvgIpc) is 4.08. The van der Waals surface area contributed by atoms with E-state index < -0.39 is 0 Å². The third kappa shape index (κ3) is 3.63. The smallest absolute Gasteiger partial charge is 0.165 e. The molecule has 0 spiro atoms. The molecule has 0 radical (unpaired) electrons. The van der Waals surface area contributed by atoms with Gasteiger partial charge in [-0.3, -0.25) is 8.80 Å². The van der Waals surface area contributed by atoms with E-state index in [9.17, 15) is 0 Å². The molecule has 9 aromatic carbocycles. The highest BCUT2D eigenvalue weighted by atomic mass is 15.1. The van der Waals surface area contributed by atoms with Crippen molar-refractivity contribution in [3.8, 4) is 16.8 Å². The van der Waals surface area contributed by atoms with E-state index in [1.165, 1.54) is 87.1 Å². The molecule has 0 N–H and O–H groups in total. The zero-order valence-electron chi connectivity index (χ0n) is 31.5. The van der Waals surface area contributed by atoms with E-state index in [1.54, 1.807) is 0 Å². The second-order valence-electron chi connectivity index (χ2n) is 16.1. The summed E-state index contributed by atoms with van der Waals surface area (Å²) in [6.07, 6.45) is 0. The number of para-hydroxylation sites is 4. The molecule has 0 aliphatic carbocycles. The fourth-order valence-corrected chi connectivity index (χ4v) is 10.8. The lowest BCUT2D eigenvalue weighted by molar-refractivity contribution is 1.18. The predicted molar refractivity (Wildman–Crippen MR) is 246 cm³/mol. The van der Waals surface area contributed by atoms with Gasteiger partial charge in [-0.25, -0.2) is 9.97 Å². The second kappa shape index (κ2) is 10.5. The zero-order valence-corrected chi connectivity index (χ0v) is 31.5. The maximum atomic E-state index is 5.71. The first-order chi connectivity index (χ1) is 29.3. The fourth-order valence-electron chi connectivity index (χ4n) is 10.8. The van der Waals surface area contributed by atoms with Crippen molar-refractivity contribution in [1.82, 2.24) is 23.3 Å². The maximum absolute atomic E-state index is 5.71. The summed E-state index contributed by atoms with van der Waals surface area (Å²) in [5, 5.41) is 14.6. The molecule has 0 saturated carbocycles. The van der Waals surface area contributed by atoms with Crippen molar-refractivity contribution in [1.29, 1.82) is 0 Å². The van der Waals surface area contributed by atoms with Crippen molar-refractivity contribution >= 4 is 120 Å². The van der Waals surface area contributed by atoms with Crippen LogP contribution in [0.3, 0.4) is 0 Å². The Bertz CT molecular complexity index is 4300. The lowest BCUT2D eigenvalue weighted by atomic mass is 9.97. The summed E-state index contributed by atoms with van der Waals surface area (Å²) >= 11 is 0. The van der Waals surface area contributed by atoms with Crippen molar-refractivity contribution in [2.24, 2.45) is 0 Å². The van der Waals surface area contributed by atoms with Crippen LogP contribution in [0.5, 0.6) is 0 Å². The van der Waals surface area contributed by atoms with Crippen molar-refractivity contribution in [3.05, 3.63) is 176 Å². The Labute approximate surface area is 334 Å². The molecule has 15 aromatic rings. The van der Waals surface area contributed by atoms with Gasteiger partial charge in [0.25, 0.3) is 0 Å². The van der Waals surface area contributed by atoms with Gasteiger partial charge in [-0.05, 0) is 75.6 Å². The summed E-state index contributed by atoms with van der Waals surface area (Å²) in [6.45, 7) is 0. The van der Waals surface area contributed by atoms with Crippen molar-refractivity contribution < 1.29 is 0 Å². The molecule has 0 aliphatic heterocycles. The van der Waals surface area contributed by atoms with Gasteiger partial charge >= 0.3 is 0 Å². The lowest BCUT2D eigenvalue weighted by Gasteiger charge is -2.09. The quantitative estimate of drug-likeness (QED) is 0.177. The highest BCUT2D eigenvalue weighted by molar-refractivity contribution is 6.33. The number of hydrogen-bond donors (Lipinski definition) is 0. The molecular formula is C54H29N5. The van der Waals surface area contributed by atoms with Gasteiger partial charge in [-0.2, -0.15) is 0 Å². The minimum absolute atomic E-state index is 0.890. The number of rotatable bonds is 2. The van der Waals surface area contributed by atoms with Gasteiger partial charge in [0.2, 0.25) is 0 Å². The molecule has 0 bridgehead atoms. The van der Waals surface area contributed by atoms with Crippen LogP contribution in [0.15, 0.2) is 176 Å². The second-order valence-corrected chi connectivity index (χ2v) is 16.1. The Hall–Kier alpha value is -8.02. The summed E-state index contributed by atoms with van der Waals surface area (Å²) in [5.74, 6) is 0. The summed E-state index contributed by atoms with van der Waals surface area (Å²) < 4.78 is 7.18.